The Bertz CT molecular complexity index is 311. The zero-order valence-corrected chi connectivity index (χ0v) is 10.0. The second-order valence-corrected chi connectivity index (χ2v) is 3.81. The van der Waals surface area contributed by atoms with Gasteiger partial charge in [0, 0.05) is 30.3 Å². The van der Waals surface area contributed by atoms with Gasteiger partial charge in [-0.15, -0.1) is 0 Å². The van der Waals surface area contributed by atoms with Crippen molar-refractivity contribution >= 4 is 5.69 Å². The number of nitrogen functional groups attached to an aromatic ring is 1. The van der Waals surface area contributed by atoms with E-state index in [2.05, 4.69) is 11.9 Å². The first-order valence-corrected chi connectivity index (χ1v) is 5.77. The van der Waals surface area contributed by atoms with Crippen molar-refractivity contribution in [1.29, 1.82) is 0 Å². The fourth-order valence-electron chi connectivity index (χ4n) is 1.76. The Balaban J connectivity index is 2.81. The molecule has 0 saturated carbocycles. The first kappa shape index (κ1) is 12.9. The summed E-state index contributed by atoms with van der Waals surface area (Å²) in [6.45, 7) is 4.76. The van der Waals surface area contributed by atoms with Crippen LogP contribution in [-0.4, -0.2) is 17.7 Å². The summed E-state index contributed by atoms with van der Waals surface area (Å²) in [5.74, 6) is 0. The van der Waals surface area contributed by atoms with E-state index in [-0.39, 0.29) is 12.1 Å². The highest BCUT2D eigenvalue weighted by Gasteiger charge is 2.20. The van der Waals surface area contributed by atoms with E-state index in [0.717, 1.165) is 18.4 Å². The Labute approximate surface area is 97.0 Å². The number of nitrogens with zero attached hydrogens (tertiary/aromatic N) is 1. The molecule has 0 amide bonds. The second-order valence-electron chi connectivity index (χ2n) is 3.81. The Hall–Kier alpha value is -1.13. The maximum absolute atomic E-state index is 6.17. The third-order valence-corrected chi connectivity index (χ3v) is 2.60. The van der Waals surface area contributed by atoms with Crippen LogP contribution in [0.5, 0.6) is 0 Å². The second kappa shape index (κ2) is 6.45. The van der Waals surface area contributed by atoms with Crippen LogP contribution in [0.1, 0.15) is 38.3 Å². The molecule has 4 heteroatoms. The van der Waals surface area contributed by atoms with Crippen molar-refractivity contribution < 1.29 is 4.74 Å². The van der Waals surface area contributed by atoms with E-state index in [1.807, 2.05) is 6.92 Å². The van der Waals surface area contributed by atoms with Crippen LogP contribution in [0, 0.1) is 0 Å². The standard InChI is InChI=1S/C12H21N3O/c1-3-5-11(16-4-2)12(14)9-8-15-7-6-10(9)13/h6-8,11-12H,3-5,14H2,1-2H3,(H2,13,15). The molecule has 2 atom stereocenters. The van der Waals surface area contributed by atoms with Crippen molar-refractivity contribution in [2.75, 3.05) is 12.3 Å². The van der Waals surface area contributed by atoms with Crippen molar-refractivity contribution in [3.63, 3.8) is 0 Å². The molecule has 0 aliphatic rings. The average molecular weight is 223 g/mol. The lowest BCUT2D eigenvalue weighted by molar-refractivity contribution is 0.0375. The van der Waals surface area contributed by atoms with Gasteiger partial charge in [-0.2, -0.15) is 0 Å². The number of pyridine rings is 1. The van der Waals surface area contributed by atoms with Crippen molar-refractivity contribution in [2.45, 2.75) is 38.8 Å². The molecular weight excluding hydrogens is 202 g/mol. The van der Waals surface area contributed by atoms with Crippen LogP contribution in [0.3, 0.4) is 0 Å². The van der Waals surface area contributed by atoms with Gasteiger partial charge < -0.3 is 16.2 Å². The molecule has 0 aliphatic carbocycles. The van der Waals surface area contributed by atoms with Gasteiger partial charge in [-0.25, -0.2) is 0 Å². The Morgan fingerprint density at radius 3 is 2.75 bits per heavy atom. The van der Waals surface area contributed by atoms with Gasteiger partial charge in [0.1, 0.15) is 0 Å². The fourth-order valence-corrected chi connectivity index (χ4v) is 1.76. The SMILES string of the molecule is CCCC(OCC)C(N)c1cnccc1N. The lowest BCUT2D eigenvalue weighted by Crippen LogP contribution is -2.29. The van der Waals surface area contributed by atoms with Gasteiger partial charge in [-0.05, 0) is 19.4 Å². The minimum absolute atomic E-state index is 0.0153. The summed E-state index contributed by atoms with van der Waals surface area (Å²) < 4.78 is 5.65. The van der Waals surface area contributed by atoms with E-state index in [9.17, 15) is 0 Å². The number of aromatic nitrogens is 1. The molecule has 90 valence electrons. The van der Waals surface area contributed by atoms with Crippen LogP contribution in [0.25, 0.3) is 0 Å². The Kier molecular flexibility index (Phi) is 5.22. The summed E-state index contributed by atoms with van der Waals surface area (Å²) in [5, 5.41) is 0. The minimum atomic E-state index is -0.200. The van der Waals surface area contributed by atoms with E-state index in [0.29, 0.717) is 12.3 Å². The monoisotopic (exact) mass is 223 g/mol. The van der Waals surface area contributed by atoms with E-state index >= 15 is 0 Å². The fraction of sp³-hybridized carbons (Fsp3) is 0.583. The molecule has 0 aromatic carbocycles. The molecule has 1 rings (SSSR count). The maximum Gasteiger partial charge on any atom is 0.0768 e. The van der Waals surface area contributed by atoms with Gasteiger partial charge in [-0.1, -0.05) is 13.3 Å². The number of hydrogen-bond donors (Lipinski definition) is 2. The first-order valence-electron chi connectivity index (χ1n) is 5.77. The van der Waals surface area contributed by atoms with Crippen LogP contribution in [0.15, 0.2) is 18.5 Å². The van der Waals surface area contributed by atoms with Gasteiger partial charge in [0.05, 0.1) is 12.1 Å². The summed E-state index contributed by atoms with van der Waals surface area (Å²) in [6, 6.07) is 1.57. The molecular formula is C12H21N3O. The number of ether oxygens (including phenoxy) is 1. The molecule has 1 aromatic rings. The smallest absolute Gasteiger partial charge is 0.0768 e. The number of rotatable bonds is 6. The van der Waals surface area contributed by atoms with Gasteiger partial charge in [0.2, 0.25) is 0 Å². The average Bonchev–Trinajstić information content (AvgIpc) is 2.28. The maximum atomic E-state index is 6.17. The van der Waals surface area contributed by atoms with Crippen LogP contribution < -0.4 is 11.5 Å². The highest BCUT2D eigenvalue weighted by atomic mass is 16.5. The van der Waals surface area contributed by atoms with Crippen molar-refractivity contribution in [3.05, 3.63) is 24.0 Å². The van der Waals surface area contributed by atoms with Crippen LogP contribution >= 0.6 is 0 Å². The topological polar surface area (TPSA) is 74.2 Å². The molecule has 0 saturated heterocycles. The molecule has 0 radical (unpaired) electrons. The van der Waals surface area contributed by atoms with E-state index in [1.165, 1.54) is 0 Å². The molecule has 1 aromatic heterocycles. The molecule has 2 unspecified atom stereocenters. The summed E-state index contributed by atoms with van der Waals surface area (Å²) in [7, 11) is 0. The lowest BCUT2D eigenvalue weighted by Gasteiger charge is -2.24. The normalized spacial score (nSPS) is 14.7. The van der Waals surface area contributed by atoms with Gasteiger partial charge >= 0.3 is 0 Å². The highest BCUT2D eigenvalue weighted by molar-refractivity contribution is 5.46. The summed E-state index contributed by atoms with van der Waals surface area (Å²) >= 11 is 0. The minimum Gasteiger partial charge on any atom is -0.398 e. The van der Waals surface area contributed by atoms with Gasteiger partial charge in [0.25, 0.3) is 0 Å². The van der Waals surface area contributed by atoms with Crippen LogP contribution in [0.4, 0.5) is 5.69 Å². The quantitative estimate of drug-likeness (QED) is 0.772. The van der Waals surface area contributed by atoms with Crippen LogP contribution in [0.2, 0.25) is 0 Å². The first-order chi connectivity index (χ1) is 7.70. The largest absolute Gasteiger partial charge is 0.398 e. The van der Waals surface area contributed by atoms with E-state index in [4.69, 9.17) is 16.2 Å². The zero-order valence-electron chi connectivity index (χ0n) is 10.0. The zero-order chi connectivity index (χ0) is 12.0. The number of hydrogen-bond acceptors (Lipinski definition) is 4. The summed E-state index contributed by atoms with van der Waals surface area (Å²) in [5.41, 5.74) is 13.6. The molecule has 1 heterocycles. The summed E-state index contributed by atoms with van der Waals surface area (Å²) in [4.78, 5) is 4.05. The number of anilines is 1. The van der Waals surface area contributed by atoms with E-state index in [1.54, 1.807) is 18.5 Å². The molecule has 0 bridgehead atoms. The molecule has 0 aliphatic heterocycles. The Morgan fingerprint density at radius 2 is 2.19 bits per heavy atom. The van der Waals surface area contributed by atoms with Crippen molar-refractivity contribution in [3.8, 4) is 0 Å². The molecule has 0 fully saturated rings. The van der Waals surface area contributed by atoms with Crippen molar-refractivity contribution in [1.82, 2.24) is 4.98 Å². The number of nitrogens with two attached hydrogens (primary N) is 2. The van der Waals surface area contributed by atoms with Gasteiger partial charge in [0.15, 0.2) is 0 Å². The molecule has 0 spiro atoms. The van der Waals surface area contributed by atoms with Gasteiger partial charge in [-0.3, -0.25) is 4.98 Å². The van der Waals surface area contributed by atoms with E-state index < -0.39 is 0 Å². The van der Waals surface area contributed by atoms with Crippen LogP contribution in [-0.2, 0) is 4.74 Å². The Morgan fingerprint density at radius 1 is 1.44 bits per heavy atom. The third-order valence-electron chi connectivity index (χ3n) is 2.60. The summed E-state index contributed by atoms with van der Waals surface area (Å²) in [6.07, 6.45) is 5.38. The highest BCUT2D eigenvalue weighted by Crippen LogP contribution is 2.24. The molecule has 4 N–H and O–H groups in total. The predicted octanol–water partition coefficient (Wildman–Crippen LogP) is 1.87. The third kappa shape index (κ3) is 3.18. The molecule has 4 nitrogen and oxygen atoms in total. The predicted molar refractivity (Wildman–Crippen MR) is 65.9 cm³/mol. The lowest BCUT2D eigenvalue weighted by atomic mass is 9.99. The molecule has 16 heavy (non-hydrogen) atoms. The van der Waals surface area contributed by atoms with Crippen molar-refractivity contribution in [2.24, 2.45) is 5.73 Å².